The van der Waals surface area contributed by atoms with Crippen LogP contribution in [-0.2, 0) is 9.59 Å². The highest BCUT2D eigenvalue weighted by molar-refractivity contribution is 5.95. The lowest BCUT2D eigenvalue weighted by atomic mass is 10.1. The molecule has 0 bridgehead atoms. The van der Waals surface area contributed by atoms with Crippen LogP contribution < -0.4 is 10.1 Å². The molecule has 1 atom stereocenters. The molecular formula is C16H20N2O3. The number of hydrogen-bond donors (Lipinski definition) is 1. The zero-order valence-electron chi connectivity index (χ0n) is 12.4. The van der Waals surface area contributed by atoms with Gasteiger partial charge < -0.3 is 15.0 Å². The summed E-state index contributed by atoms with van der Waals surface area (Å²) in [6.07, 6.45) is 1.96. The van der Waals surface area contributed by atoms with Crippen molar-refractivity contribution in [1.82, 2.24) is 4.90 Å². The van der Waals surface area contributed by atoms with Crippen LogP contribution in [0.15, 0.2) is 30.9 Å². The lowest BCUT2D eigenvalue weighted by Gasteiger charge is -2.15. The Hall–Kier alpha value is -2.30. The van der Waals surface area contributed by atoms with Gasteiger partial charge >= 0.3 is 0 Å². The van der Waals surface area contributed by atoms with Crippen LogP contribution in [0.3, 0.4) is 0 Å². The van der Waals surface area contributed by atoms with Crippen molar-refractivity contribution < 1.29 is 14.3 Å². The molecule has 5 nitrogen and oxygen atoms in total. The first-order valence-corrected chi connectivity index (χ1v) is 6.92. The van der Waals surface area contributed by atoms with E-state index in [1.165, 1.54) is 6.08 Å². The first kappa shape index (κ1) is 15.1. The first-order chi connectivity index (χ1) is 10.0. The highest BCUT2D eigenvalue weighted by atomic mass is 16.5. The SMILES string of the molecule is C=CC(=O)N1CCC(C(=O)Nc2cc(OC)ccc2C)C1. The zero-order chi connectivity index (χ0) is 15.4. The molecule has 1 heterocycles. The van der Waals surface area contributed by atoms with Crippen LogP contribution in [0.25, 0.3) is 0 Å². The second kappa shape index (κ2) is 6.43. The molecule has 112 valence electrons. The molecule has 2 rings (SSSR count). The van der Waals surface area contributed by atoms with Gasteiger partial charge in [0, 0.05) is 24.8 Å². The van der Waals surface area contributed by atoms with E-state index in [-0.39, 0.29) is 17.7 Å². The van der Waals surface area contributed by atoms with E-state index in [0.717, 1.165) is 11.3 Å². The Kier molecular flexibility index (Phi) is 4.62. The van der Waals surface area contributed by atoms with Crippen molar-refractivity contribution in [3.8, 4) is 5.75 Å². The summed E-state index contributed by atoms with van der Waals surface area (Å²) >= 11 is 0. The largest absolute Gasteiger partial charge is 0.497 e. The summed E-state index contributed by atoms with van der Waals surface area (Å²) in [6, 6.07) is 5.55. The van der Waals surface area contributed by atoms with Crippen molar-refractivity contribution >= 4 is 17.5 Å². The Labute approximate surface area is 124 Å². The zero-order valence-corrected chi connectivity index (χ0v) is 12.4. The number of hydrogen-bond acceptors (Lipinski definition) is 3. The van der Waals surface area contributed by atoms with E-state index >= 15 is 0 Å². The summed E-state index contributed by atoms with van der Waals surface area (Å²) in [7, 11) is 1.59. The quantitative estimate of drug-likeness (QED) is 0.862. The molecule has 21 heavy (non-hydrogen) atoms. The highest BCUT2D eigenvalue weighted by Crippen LogP contribution is 2.24. The molecule has 2 amide bonds. The van der Waals surface area contributed by atoms with Crippen molar-refractivity contribution in [2.24, 2.45) is 5.92 Å². The van der Waals surface area contributed by atoms with E-state index in [0.29, 0.717) is 25.3 Å². The third kappa shape index (κ3) is 3.42. The van der Waals surface area contributed by atoms with Crippen molar-refractivity contribution in [2.75, 3.05) is 25.5 Å². The van der Waals surface area contributed by atoms with Gasteiger partial charge in [0.1, 0.15) is 5.75 Å². The number of carbonyl (C=O) groups excluding carboxylic acids is 2. The topological polar surface area (TPSA) is 58.6 Å². The lowest BCUT2D eigenvalue weighted by Crippen LogP contribution is -2.30. The fourth-order valence-corrected chi connectivity index (χ4v) is 2.40. The van der Waals surface area contributed by atoms with Crippen LogP contribution in [0.4, 0.5) is 5.69 Å². The number of benzene rings is 1. The monoisotopic (exact) mass is 288 g/mol. The van der Waals surface area contributed by atoms with Crippen LogP contribution in [0.2, 0.25) is 0 Å². The fraction of sp³-hybridized carbons (Fsp3) is 0.375. The molecule has 0 aliphatic carbocycles. The van der Waals surface area contributed by atoms with E-state index in [4.69, 9.17) is 4.74 Å². The Morgan fingerprint density at radius 2 is 2.24 bits per heavy atom. The van der Waals surface area contributed by atoms with Crippen LogP contribution in [0.5, 0.6) is 5.75 Å². The third-order valence-electron chi connectivity index (χ3n) is 3.75. The predicted octanol–water partition coefficient (Wildman–Crippen LogP) is 1.98. The molecule has 0 radical (unpaired) electrons. The summed E-state index contributed by atoms with van der Waals surface area (Å²) in [6.45, 7) is 6.44. The van der Waals surface area contributed by atoms with Gasteiger partial charge in [0.25, 0.3) is 0 Å². The first-order valence-electron chi connectivity index (χ1n) is 6.92. The van der Waals surface area contributed by atoms with Gasteiger partial charge in [-0.05, 0) is 31.1 Å². The van der Waals surface area contributed by atoms with E-state index in [1.807, 2.05) is 19.1 Å². The number of methoxy groups -OCH3 is 1. The molecular weight excluding hydrogens is 268 g/mol. The standard InChI is InChI=1S/C16H20N2O3/c1-4-15(19)18-8-7-12(10-18)16(20)17-14-9-13(21-3)6-5-11(14)2/h4-6,9,12H,1,7-8,10H2,2-3H3,(H,17,20). The van der Waals surface area contributed by atoms with Crippen molar-refractivity contribution in [1.29, 1.82) is 0 Å². The summed E-state index contributed by atoms with van der Waals surface area (Å²) < 4.78 is 5.16. The van der Waals surface area contributed by atoms with Crippen molar-refractivity contribution in [2.45, 2.75) is 13.3 Å². The Balaban J connectivity index is 2.02. The molecule has 5 heteroatoms. The smallest absolute Gasteiger partial charge is 0.245 e. The highest BCUT2D eigenvalue weighted by Gasteiger charge is 2.30. The molecule has 1 aromatic rings. The van der Waals surface area contributed by atoms with Gasteiger partial charge in [-0.3, -0.25) is 9.59 Å². The minimum Gasteiger partial charge on any atom is -0.497 e. The minimum atomic E-state index is -0.181. The van der Waals surface area contributed by atoms with Gasteiger partial charge in [-0.1, -0.05) is 12.6 Å². The second-order valence-corrected chi connectivity index (χ2v) is 5.14. The second-order valence-electron chi connectivity index (χ2n) is 5.14. The fourth-order valence-electron chi connectivity index (χ4n) is 2.40. The van der Waals surface area contributed by atoms with E-state index < -0.39 is 0 Å². The third-order valence-corrected chi connectivity index (χ3v) is 3.75. The molecule has 1 aliphatic rings. The number of nitrogens with zero attached hydrogens (tertiary/aromatic N) is 1. The summed E-state index contributed by atoms with van der Waals surface area (Å²) in [5.41, 5.74) is 1.72. The molecule has 0 spiro atoms. The molecule has 1 saturated heterocycles. The number of aryl methyl sites for hydroxylation is 1. The Morgan fingerprint density at radius 1 is 1.48 bits per heavy atom. The lowest BCUT2D eigenvalue weighted by molar-refractivity contribution is -0.125. The van der Waals surface area contributed by atoms with Crippen molar-refractivity contribution in [3.63, 3.8) is 0 Å². The van der Waals surface area contributed by atoms with E-state index in [9.17, 15) is 9.59 Å². The predicted molar refractivity (Wildman–Crippen MR) is 81.2 cm³/mol. The van der Waals surface area contributed by atoms with E-state index in [2.05, 4.69) is 11.9 Å². The Morgan fingerprint density at radius 3 is 2.90 bits per heavy atom. The van der Waals surface area contributed by atoms with Crippen LogP contribution in [-0.4, -0.2) is 36.9 Å². The average Bonchev–Trinajstić information content (AvgIpc) is 2.98. The molecule has 1 fully saturated rings. The number of anilines is 1. The maximum atomic E-state index is 12.3. The van der Waals surface area contributed by atoms with Crippen LogP contribution in [0.1, 0.15) is 12.0 Å². The Bertz CT molecular complexity index is 569. The van der Waals surface area contributed by atoms with E-state index in [1.54, 1.807) is 18.1 Å². The number of likely N-dealkylation sites (tertiary alicyclic amines) is 1. The van der Waals surface area contributed by atoms with Gasteiger partial charge in [-0.15, -0.1) is 0 Å². The number of rotatable bonds is 4. The maximum Gasteiger partial charge on any atom is 0.245 e. The van der Waals surface area contributed by atoms with Gasteiger partial charge in [0.2, 0.25) is 11.8 Å². The maximum absolute atomic E-state index is 12.3. The van der Waals surface area contributed by atoms with Crippen LogP contribution >= 0.6 is 0 Å². The summed E-state index contributed by atoms with van der Waals surface area (Å²) in [5, 5.41) is 2.92. The molecule has 0 aromatic heterocycles. The number of carbonyl (C=O) groups is 2. The molecule has 0 saturated carbocycles. The normalized spacial score (nSPS) is 17.4. The van der Waals surface area contributed by atoms with Gasteiger partial charge in [-0.25, -0.2) is 0 Å². The van der Waals surface area contributed by atoms with Gasteiger partial charge in [-0.2, -0.15) is 0 Å². The minimum absolute atomic E-state index is 0.0642. The molecule has 1 unspecified atom stereocenters. The molecule has 1 aliphatic heterocycles. The van der Waals surface area contributed by atoms with Gasteiger partial charge in [0.05, 0.1) is 13.0 Å². The number of amides is 2. The van der Waals surface area contributed by atoms with Crippen molar-refractivity contribution in [3.05, 3.63) is 36.4 Å². The molecule has 1 aromatic carbocycles. The van der Waals surface area contributed by atoms with Crippen LogP contribution in [0, 0.1) is 12.8 Å². The number of ether oxygens (including phenoxy) is 1. The molecule has 1 N–H and O–H groups in total. The number of nitrogens with one attached hydrogen (secondary N) is 1. The summed E-state index contributed by atoms with van der Waals surface area (Å²) in [4.78, 5) is 25.5. The average molecular weight is 288 g/mol. The van der Waals surface area contributed by atoms with Gasteiger partial charge in [0.15, 0.2) is 0 Å². The summed E-state index contributed by atoms with van der Waals surface area (Å²) in [5.74, 6) is 0.332.